The van der Waals surface area contributed by atoms with Crippen molar-refractivity contribution in [2.45, 2.75) is 19.4 Å². The SMILES string of the molecule is O=c1c(-c2nccs2)cn2ccn(CCCc3c(F)cccc3Cl)c(=O)c2c1O. The Hall–Kier alpha value is -2.97. The zero-order valence-electron chi connectivity index (χ0n) is 15.0. The molecule has 3 heterocycles. The maximum absolute atomic E-state index is 13.9. The summed E-state index contributed by atoms with van der Waals surface area (Å²) in [5, 5.41) is 12.9. The lowest BCUT2D eigenvalue weighted by atomic mass is 10.1. The molecule has 0 unspecified atom stereocenters. The number of aromatic nitrogens is 3. The summed E-state index contributed by atoms with van der Waals surface area (Å²) in [5.74, 6) is -1.00. The number of aromatic hydroxyl groups is 1. The van der Waals surface area contributed by atoms with Gasteiger partial charge in [-0.3, -0.25) is 9.59 Å². The molecule has 0 aliphatic heterocycles. The van der Waals surface area contributed by atoms with Crippen LogP contribution in [0.25, 0.3) is 16.1 Å². The first-order chi connectivity index (χ1) is 14.0. The summed E-state index contributed by atoms with van der Waals surface area (Å²) in [5.41, 5.74) is -0.640. The fraction of sp³-hybridized carbons (Fsp3) is 0.150. The van der Waals surface area contributed by atoms with E-state index in [0.717, 1.165) is 0 Å². The van der Waals surface area contributed by atoms with Crippen LogP contribution in [0.1, 0.15) is 12.0 Å². The van der Waals surface area contributed by atoms with Crippen LogP contribution in [0.5, 0.6) is 5.75 Å². The maximum Gasteiger partial charge on any atom is 0.278 e. The van der Waals surface area contributed by atoms with E-state index >= 15 is 0 Å². The van der Waals surface area contributed by atoms with Gasteiger partial charge in [0, 0.05) is 47.3 Å². The highest BCUT2D eigenvalue weighted by Gasteiger charge is 2.17. The van der Waals surface area contributed by atoms with Crippen molar-refractivity contribution in [2.24, 2.45) is 0 Å². The van der Waals surface area contributed by atoms with E-state index in [0.29, 0.717) is 28.4 Å². The Bertz CT molecular complexity index is 1300. The molecule has 29 heavy (non-hydrogen) atoms. The number of aryl methyl sites for hydroxylation is 1. The molecule has 3 aromatic heterocycles. The number of benzene rings is 1. The lowest BCUT2D eigenvalue weighted by molar-refractivity contribution is 0.472. The highest BCUT2D eigenvalue weighted by atomic mass is 35.5. The second-order valence-electron chi connectivity index (χ2n) is 6.41. The normalized spacial score (nSPS) is 11.2. The quantitative estimate of drug-likeness (QED) is 0.522. The molecule has 0 fully saturated rings. The van der Waals surface area contributed by atoms with Gasteiger partial charge >= 0.3 is 0 Å². The van der Waals surface area contributed by atoms with Crippen molar-refractivity contribution in [3.05, 3.63) is 85.3 Å². The first kappa shape index (κ1) is 19.4. The van der Waals surface area contributed by atoms with Crippen molar-refractivity contribution >= 4 is 28.5 Å². The molecule has 1 aromatic carbocycles. The van der Waals surface area contributed by atoms with Crippen LogP contribution in [0.3, 0.4) is 0 Å². The predicted octanol–water partition coefficient (Wildman–Crippen LogP) is 3.72. The van der Waals surface area contributed by atoms with Crippen molar-refractivity contribution in [2.75, 3.05) is 0 Å². The fourth-order valence-electron chi connectivity index (χ4n) is 3.19. The number of hydrogen-bond donors (Lipinski definition) is 1. The third kappa shape index (κ3) is 3.56. The molecule has 0 bridgehead atoms. The Kier molecular flexibility index (Phi) is 5.21. The number of halogens is 2. The van der Waals surface area contributed by atoms with Crippen molar-refractivity contribution in [3.8, 4) is 16.3 Å². The molecule has 148 valence electrons. The van der Waals surface area contributed by atoms with Crippen molar-refractivity contribution < 1.29 is 9.50 Å². The smallest absolute Gasteiger partial charge is 0.278 e. The molecular weight excluding hydrogens is 417 g/mol. The molecule has 0 atom stereocenters. The number of nitrogens with zero attached hydrogens (tertiary/aromatic N) is 3. The standard InChI is InChI=1S/C20H15ClFN3O3S/c21-14-4-1-5-15(22)12(14)3-2-7-24-8-9-25-11-13(19-23-6-10-29-19)17(26)18(27)16(25)20(24)28/h1,4-6,8-11,27H,2-3,7H2. The van der Waals surface area contributed by atoms with Crippen molar-refractivity contribution in [3.63, 3.8) is 0 Å². The summed E-state index contributed by atoms with van der Waals surface area (Å²) in [7, 11) is 0. The van der Waals surface area contributed by atoms with Gasteiger partial charge in [-0.2, -0.15) is 0 Å². The highest BCUT2D eigenvalue weighted by Crippen LogP contribution is 2.22. The van der Waals surface area contributed by atoms with Gasteiger partial charge in [-0.15, -0.1) is 11.3 Å². The molecule has 0 saturated carbocycles. The van der Waals surface area contributed by atoms with Crippen LogP contribution in [-0.2, 0) is 13.0 Å². The van der Waals surface area contributed by atoms with Gasteiger partial charge in [-0.1, -0.05) is 17.7 Å². The zero-order valence-corrected chi connectivity index (χ0v) is 16.6. The van der Waals surface area contributed by atoms with Gasteiger partial charge < -0.3 is 14.1 Å². The molecule has 0 amide bonds. The Morgan fingerprint density at radius 3 is 2.79 bits per heavy atom. The van der Waals surface area contributed by atoms with Gasteiger partial charge in [0.25, 0.3) is 5.56 Å². The van der Waals surface area contributed by atoms with Crippen LogP contribution < -0.4 is 11.0 Å². The van der Waals surface area contributed by atoms with Gasteiger partial charge in [0.2, 0.25) is 5.43 Å². The molecule has 4 aromatic rings. The van der Waals surface area contributed by atoms with E-state index in [1.54, 1.807) is 30.0 Å². The Morgan fingerprint density at radius 2 is 2.07 bits per heavy atom. The molecule has 0 aliphatic carbocycles. The molecule has 6 nitrogen and oxygen atoms in total. The van der Waals surface area contributed by atoms with Crippen molar-refractivity contribution in [1.82, 2.24) is 14.0 Å². The third-order valence-electron chi connectivity index (χ3n) is 4.63. The highest BCUT2D eigenvalue weighted by molar-refractivity contribution is 7.13. The molecule has 0 spiro atoms. The van der Waals surface area contributed by atoms with E-state index in [2.05, 4.69) is 4.98 Å². The summed E-state index contributed by atoms with van der Waals surface area (Å²) >= 11 is 7.30. The van der Waals surface area contributed by atoms with E-state index in [9.17, 15) is 19.1 Å². The summed E-state index contributed by atoms with van der Waals surface area (Å²) in [6, 6.07) is 4.50. The van der Waals surface area contributed by atoms with E-state index in [1.165, 1.54) is 38.6 Å². The minimum absolute atomic E-state index is 0.110. The number of rotatable bonds is 5. The van der Waals surface area contributed by atoms with E-state index < -0.39 is 16.7 Å². The molecule has 4 rings (SSSR count). The second kappa shape index (κ2) is 7.81. The fourth-order valence-corrected chi connectivity index (χ4v) is 4.09. The lowest BCUT2D eigenvalue weighted by Gasteiger charge is -2.11. The van der Waals surface area contributed by atoms with Crippen LogP contribution >= 0.6 is 22.9 Å². The first-order valence-corrected chi connectivity index (χ1v) is 10.0. The van der Waals surface area contributed by atoms with Crippen LogP contribution in [0.15, 0.2) is 58.0 Å². The van der Waals surface area contributed by atoms with E-state index in [1.807, 2.05) is 0 Å². The number of thiazole rings is 1. The number of hydrogen-bond acceptors (Lipinski definition) is 5. The molecular formula is C20H15ClFN3O3S. The first-order valence-electron chi connectivity index (χ1n) is 8.77. The minimum Gasteiger partial charge on any atom is -0.503 e. The average molecular weight is 432 g/mol. The van der Waals surface area contributed by atoms with E-state index in [-0.39, 0.29) is 23.4 Å². The Labute approximate surface area is 173 Å². The van der Waals surface area contributed by atoms with Gasteiger partial charge in [0.05, 0.1) is 5.56 Å². The minimum atomic E-state index is -0.645. The summed E-state index contributed by atoms with van der Waals surface area (Å²) < 4.78 is 16.7. The average Bonchev–Trinajstić information content (AvgIpc) is 3.23. The zero-order chi connectivity index (χ0) is 20.5. The topological polar surface area (TPSA) is 76.6 Å². The van der Waals surface area contributed by atoms with Gasteiger partial charge in [0.15, 0.2) is 11.3 Å². The summed E-state index contributed by atoms with van der Waals surface area (Å²) in [4.78, 5) is 29.4. The van der Waals surface area contributed by atoms with Crippen molar-refractivity contribution in [1.29, 1.82) is 0 Å². The van der Waals surface area contributed by atoms with Gasteiger partial charge in [-0.05, 0) is 25.0 Å². The van der Waals surface area contributed by atoms with Crippen LogP contribution in [-0.4, -0.2) is 19.1 Å². The summed E-state index contributed by atoms with van der Waals surface area (Å²) in [6.07, 6.45) is 7.01. The predicted molar refractivity (Wildman–Crippen MR) is 110 cm³/mol. The van der Waals surface area contributed by atoms with Crippen LogP contribution in [0.2, 0.25) is 5.02 Å². The van der Waals surface area contributed by atoms with Gasteiger partial charge in [0.1, 0.15) is 10.8 Å². The third-order valence-corrected chi connectivity index (χ3v) is 5.79. The van der Waals surface area contributed by atoms with Gasteiger partial charge in [-0.25, -0.2) is 9.37 Å². The molecule has 0 saturated heterocycles. The van der Waals surface area contributed by atoms with Crippen LogP contribution in [0, 0.1) is 5.82 Å². The molecule has 0 aliphatic rings. The Balaban J connectivity index is 1.66. The molecule has 1 N–H and O–H groups in total. The monoisotopic (exact) mass is 431 g/mol. The second-order valence-corrected chi connectivity index (χ2v) is 7.72. The molecule has 9 heteroatoms. The maximum atomic E-state index is 13.9. The molecule has 0 radical (unpaired) electrons. The summed E-state index contributed by atoms with van der Waals surface area (Å²) in [6.45, 7) is 0.280. The lowest BCUT2D eigenvalue weighted by Crippen LogP contribution is -2.24. The van der Waals surface area contributed by atoms with Crippen LogP contribution in [0.4, 0.5) is 4.39 Å². The number of pyridine rings is 1. The largest absolute Gasteiger partial charge is 0.503 e. The Morgan fingerprint density at radius 1 is 1.24 bits per heavy atom. The number of fused-ring (bicyclic) bond motifs is 1. The van der Waals surface area contributed by atoms with E-state index in [4.69, 9.17) is 11.6 Å².